The Morgan fingerprint density at radius 3 is 2.92 bits per heavy atom. The number of aromatic nitrogens is 2. The highest BCUT2D eigenvalue weighted by atomic mass is 19.1. The summed E-state index contributed by atoms with van der Waals surface area (Å²) < 4.78 is 15.5. The molecular formula is C19H21FN4O2. The fourth-order valence-electron chi connectivity index (χ4n) is 3.58. The lowest BCUT2D eigenvalue weighted by molar-refractivity contribution is -0.128. The van der Waals surface area contributed by atoms with Crippen LogP contribution in [-0.2, 0) is 16.1 Å². The third-order valence-corrected chi connectivity index (χ3v) is 5.16. The zero-order valence-corrected chi connectivity index (χ0v) is 14.6. The minimum Gasteiger partial charge on any atom is -0.338 e. The summed E-state index contributed by atoms with van der Waals surface area (Å²) in [5.74, 6) is -0.625. The summed E-state index contributed by atoms with van der Waals surface area (Å²) >= 11 is 0. The van der Waals surface area contributed by atoms with Crippen molar-refractivity contribution in [1.82, 2.24) is 14.7 Å². The van der Waals surface area contributed by atoms with Gasteiger partial charge in [0.1, 0.15) is 5.82 Å². The number of hydrogen-bond acceptors (Lipinski definition) is 3. The van der Waals surface area contributed by atoms with Gasteiger partial charge in [-0.3, -0.25) is 14.3 Å². The van der Waals surface area contributed by atoms with Gasteiger partial charge in [-0.1, -0.05) is 12.1 Å². The van der Waals surface area contributed by atoms with E-state index in [9.17, 15) is 14.0 Å². The lowest BCUT2D eigenvalue weighted by Crippen LogP contribution is -2.30. The second kappa shape index (κ2) is 6.55. The van der Waals surface area contributed by atoms with Gasteiger partial charge in [-0.2, -0.15) is 5.10 Å². The SMILES string of the molecule is CN1C(=O)C[C@@H](C(=O)Nc2cnn(CC3CC3)c2)[C@H]1c1cccc(F)c1. The minimum atomic E-state index is -0.568. The van der Waals surface area contributed by atoms with E-state index in [1.807, 2.05) is 10.9 Å². The summed E-state index contributed by atoms with van der Waals surface area (Å²) in [6.45, 7) is 0.867. The van der Waals surface area contributed by atoms with E-state index in [0.717, 1.165) is 6.54 Å². The van der Waals surface area contributed by atoms with Crippen LogP contribution < -0.4 is 5.32 Å². The molecule has 1 aromatic carbocycles. The van der Waals surface area contributed by atoms with Crippen molar-refractivity contribution in [2.75, 3.05) is 12.4 Å². The first-order chi connectivity index (χ1) is 12.5. The third-order valence-electron chi connectivity index (χ3n) is 5.16. The maximum absolute atomic E-state index is 13.6. The number of benzene rings is 1. The number of nitrogens with one attached hydrogen (secondary N) is 1. The predicted octanol–water partition coefficient (Wildman–Crippen LogP) is 2.59. The van der Waals surface area contributed by atoms with E-state index in [4.69, 9.17) is 0 Å². The van der Waals surface area contributed by atoms with Crippen molar-refractivity contribution in [3.63, 3.8) is 0 Å². The smallest absolute Gasteiger partial charge is 0.230 e. The van der Waals surface area contributed by atoms with Gasteiger partial charge in [-0.25, -0.2) is 4.39 Å². The Labute approximate surface area is 151 Å². The highest BCUT2D eigenvalue weighted by Gasteiger charge is 2.42. The van der Waals surface area contributed by atoms with Crippen LogP contribution in [0.15, 0.2) is 36.7 Å². The van der Waals surface area contributed by atoms with Crippen molar-refractivity contribution in [2.24, 2.45) is 11.8 Å². The van der Waals surface area contributed by atoms with Gasteiger partial charge in [0.05, 0.1) is 23.8 Å². The van der Waals surface area contributed by atoms with E-state index >= 15 is 0 Å². The molecule has 4 rings (SSSR count). The van der Waals surface area contributed by atoms with Gasteiger partial charge in [-0.05, 0) is 36.5 Å². The van der Waals surface area contributed by atoms with E-state index in [1.165, 1.54) is 29.9 Å². The standard InChI is InChI=1S/C19H21FN4O2/c1-23-17(25)8-16(18(23)13-3-2-4-14(20)7-13)19(26)22-15-9-21-24(11-15)10-12-5-6-12/h2-4,7,9,11-12,16,18H,5-6,8,10H2,1H3,(H,22,26)/t16-,18-/m1/s1. The molecule has 26 heavy (non-hydrogen) atoms. The van der Waals surface area contributed by atoms with Crippen LogP contribution in [0.25, 0.3) is 0 Å². The number of rotatable bonds is 5. The Hall–Kier alpha value is -2.70. The summed E-state index contributed by atoms with van der Waals surface area (Å²) in [6, 6.07) is 5.60. The number of halogens is 1. The van der Waals surface area contributed by atoms with E-state index in [1.54, 1.807) is 25.4 Å². The molecule has 0 bridgehead atoms. The lowest BCUT2D eigenvalue weighted by Gasteiger charge is -2.24. The Balaban J connectivity index is 1.51. The average molecular weight is 356 g/mol. The maximum Gasteiger partial charge on any atom is 0.230 e. The number of amides is 2. The van der Waals surface area contributed by atoms with Gasteiger partial charge in [-0.15, -0.1) is 0 Å². The second-order valence-electron chi connectivity index (χ2n) is 7.20. The van der Waals surface area contributed by atoms with Crippen LogP contribution in [0.5, 0.6) is 0 Å². The van der Waals surface area contributed by atoms with Gasteiger partial charge in [0.2, 0.25) is 11.8 Å². The second-order valence-corrected chi connectivity index (χ2v) is 7.20. The molecule has 1 N–H and O–H groups in total. The largest absolute Gasteiger partial charge is 0.338 e. The molecule has 2 atom stereocenters. The molecule has 2 fully saturated rings. The molecule has 1 saturated heterocycles. The first-order valence-corrected chi connectivity index (χ1v) is 8.85. The summed E-state index contributed by atoms with van der Waals surface area (Å²) in [6.07, 6.45) is 6.01. The summed E-state index contributed by atoms with van der Waals surface area (Å²) in [4.78, 5) is 26.5. The number of likely N-dealkylation sites (tertiary alicyclic amines) is 1. The summed E-state index contributed by atoms with van der Waals surface area (Å²) in [5, 5.41) is 7.13. The van der Waals surface area contributed by atoms with Crippen molar-refractivity contribution < 1.29 is 14.0 Å². The summed E-state index contributed by atoms with van der Waals surface area (Å²) in [7, 11) is 1.65. The zero-order valence-electron chi connectivity index (χ0n) is 14.6. The van der Waals surface area contributed by atoms with Crippen LogP contribution in [0.2, 0.25) is 0 Å². The molecule has 6 nitrogen and oxygen atoms in total. The van der Waals surface area contributed by atoms with E-state index in [2.05, 4.69) is 10.4 Å². The van der Waals surface area contributed by atoms with Crippen LogP contribution in [0.3, 0.4) is 0 Å². The van der Waals surface area contributed by atoms with Crippen LogP contribution in [-0.4, -0.2) is 33.5 Å². The van der Waals surface area contributed by atoms with Gasteiger partial charge >= 0.3 is 0 Å². The predicted molar refractivity (Wildman–Crippen MR) is 93.6 cm³/mol. The zero-order chi connectivity index (χ0) is 18.3. The molecule has 0 radical (unpaired) electrons. The maximum atomic E-state index is 13.6. The number of carbonyl (C=O) groups excluding carboxylic acids is 2. The van der Waals surface area contributed by atoms with E-state index < -0.39 is 12.0 Å². The molecule has 2 heterocycles. The molecule has 1 aromatic heterocycles. The number of nitrogens with zero attached hydrogens (tertiary/aromatic N) is 3. The minimum absolute atomic E-state index is 0.111. The Morgan fingerprint density at radius 2 is 2.19 bits per heavy atom. The Bertz CT molecular complexity index is 846. The molecule has 1 aliphatic carbocycles. The third kappa shape index (κ3) is 3.34. The number of anilines is 1. The Kier molecular flexibility index (Phi) is 4.22. The van der Waals surface area contributed by atoms with Crippen LogP contribution in [0, 0.1) is 17.7 Å². The normalized spacial score (nSPS) is 22.7. The van der Waals surface area contributed by atoms with Crippen LogP contribution >= 0.6 is 0 Å². The molecule has 1 saturated carbocycles. The highest BCUT2D eigenvalue weighted by Crippen LogP contribution is 2.38. The molecule has 0 unspecified atom stereocenters. The van der Waals surface area contributed by atoms with Gasteiger partial charge < -0.3 is 10.2 Å². The molecule has 2 aromatic rings. The van der Waals surface area contributed by atoms with Crippen LogP contribution in [0.4, 0.5) is 10.1 Å². The topological polar surface area (TPSA) is 67.2 Å². The fraction of sp³-hybridized carbons (Fsp3) is 0.421. The number of carbonyl (C=O) groups is 2. The first-order valence-electron chi connectivity index (χ1n) is 8.85. The highest BCUT2D eigenvalue weighted by molar-refractivity contribution is 5.97. The van der Waals surface area contributed by atoms with E-state index in [-0.39, 0.29) is 24.1 Å². The molecule has 7 heteroatoms. The van der Waals surface area contributed by atoms with Gasteiger partial charge in [0, 0.05) is 26.2 Å². The van der Waals surface area contributed by atoms with Crippen molar-refractivity contribution in [1.29, 1.82) is 0 Å². The fourth-order valence-corrected chi connectivity index (χ4v) is 3.58. The van der Waals surface area contributed by atoms with Crippen molar-refractivity contribution >= 4 is 17.5 Å². The lowest BCUT2D eigenvalue weighted by atomic mass is 9.93. The molecule has 2 aliphatic rings. The quantitative estimate of drug-likeness (QED) is 0.895. The van der Waals surface area contributed by atoms with Crippen molar-refractivity contribution in [3.8, 4) is 0 Å². The molecule has 1 aliphatic heterocycles. The molecular weight excluding hydrogens is 335 g/mol. The Morgan fingerprint density at radius 1 is 1.38 bits per heavy atom. The van der Waals surface area contributed by atoms with E-state index in [0.29, 0.717) is 17.2 Å². The van der Waals surface area contributed by atoms with Gasteiger partial charge in [0.15, 0.2) is 0 Å². The van der Waals surface area contributed by atoms with Crippen molar-refractivity contribution in [2.45, 2.75) is 31.8 Å². The van der Waals surface area contributed by atoms with Crippen molar-refractivity contribution in [3.05, 3.63) is 48.0 Å². The molecule has 0 spiro atoms. The molecule has 136 valence electrons. The summed E-state index contributed by atoms with van der Waals surface area (Å²) in [5.41, 5.74) is 1.25. The average Bonchev–Trinajstić information content (AvgIpc) is 3.23. The number of hydrogen-bond donors (Lipinski definition) is 1. The van der Waals surface area contributed by atoms with Gasteiger partial charge in [0.25, 0.3) is 0 Å². The monoisotopic (exact) mass is 356 g/mol. The van der Waals surface area contributed by atoms with Crippen LogP contribution in [0.1, 0.15) is 30.9 Å². The first kappa shape index (κ1) is 16.8. The molecule has 2 amide bonds.